The quantitative estimate of drug-likeness (QED) is 0.589. The molecular weight excluding hydrogens is 450 g/mol. The van der Waals surface area contributed by atoms with E-state index >= 15 is 0 Å². The first-order valence-electron chi connectivity index (χ1n) is 11.7. The highest BCUT2D eigenvalue weighted by atomic mass is 16.7. The van der Waals surface area contributed by atoms with Gasteiger partial charge in [-0.2, -0.15) is 4.68 Å². The van der Waals surface area contributed by atoms with Gasteiger partial charge in [-0.1, -0.05) is 6.07 Å². The maximum atomic E-state index is 13.1. The number of likely N-dealkylation sites (N-methyl/N-ethyl adjacent to an activating group) is 1. The Morgan fingerprint density at radius 2 is 2.03 bits per heavy atom. The molecule has 0 radical (unpaired) electrons. The highest BCUT2D eigenvalue weighted by molar-refractivity contribution is 5.94. The number of nitrogens with zero attached hydrogens (tertiary/aromatic N) is 6. The number of rotatable bonds is 4. The van der Waals surface area contributed by atoms with Crippen molar-refractivity contribution in [1.29, 1.82) is 0 Å². The molecule has 182 valence electrons. The van der Waals surface area contributed by atoms with Crippen molar-refractivity contribution in [2.24, 2.45) is 0 Å². The minimum Gasteiger partial charge on any atom is -0.492 e. The second kappa shape index (κ2) is 8.82. The highest BCUT2D eigenvalue weighted by Gasteiger charge is 2.37. The minimum atomic E-state index is -0.272. The van der Waals surface area contributed by atoms with E-state index in [0.29, 0.717) is 41.7 Å². The van der Waals surface area contributed by atoms with Crippen molar-refractivity contribution in [3.8, 4) is 22.9 Å². The summed E-state index contributed by atoms with van der Waals surface area (Å²) in [6.45, 7) is 3.97. The molecule has 2 aromatic carbocycles. The number of amides is 1. The summed E-state index contributed by atoms with van der Waals surface area (Å²) in [5.74, 6) is 2.59. The van der Waals surface area contributed by atoms with E-state index in [4.69, 9.17) is 14.2 Å². The number of fused-ring (bicyclic) bond motifs is 2. The summed E-state index contributed by atoms with van der Waals surface area (Å²) in [6, 6.07) is 9.23. The lowest BCUT2D eigenvalue weighted by Gasteiger charge is -2.34. The molecule has 0 aliphatic carbocycles. The molecule has 0 spiro atoms. The molecule has 1 N–H and O–H groups in total. The number of ether oxygens (including phenoxy) is 3. The first-order chi connectivity index (χ1) is 17.2. The first kappa shape index (κ1) is 21.8. The molecule has 35 heavy (non-hydrogen) atoms. The maximum Gasteiger partial charge on any atom is 0.254 e. The third kappa shape index (κ3) is 3.67. The van der Waals surface area contributed by atoms with Crippen molar-refractivity contribution in [1.82, 2.24) is 35.3 Å². The van der Waals surface area contributed by atoms with E-state index in [-0.39, 0.29) is 18.7 Å². The average Bonchev–Trinajstić information content (AvgIpc) is 3.57. The topological polar surface area (TPSA) is 107 Å². The zero-order chi connectivity index (χ0) is 23.9. The second-order valence-electron chi connectivity index (χ2n) is 8.89. The lowest BCUT2D eigenvalue weighted by atomic mass is 9.90. The number of hydrogen-bond donors (Lipinski definition) is 1. The van der Waals surface area contributed by atoms with Gasteiger partial charge in [0, 0.05) is 43.9 Å². The molecule has 1 amide bonds. The highest BCUT2D eigenvalue weighted by Crippen LogP contribution is 2.50. The fourth-order valence-corrected chi connectivity index (χ4v) is 5.13. The third-order valence-corrected chi connectivity index (χ3v) is 6.88. The summed E-state index contributed by atoms with van der Waals surface area (Å²) < 4.78 is 18.9. The molecule has 3 aliphatic rings. The van der Waals surface area contributed by atoms with Crippen LogP contribution in [0.3, 0.4) is 0 Å². The number of methoxy groups -OCH3 is 1. The van der Waals surface area contributed by atoms with Crippen molar-refractivity contribution in [3.63, 3.8) is 0 Å². The molecule has 1 atom stereocenters. The zero-order valence-electron chi connectivity index (χ0n) is 19.7. The molecule has 0 unspecified atom stereocenters. The molecule has 0 saturated carbocycles. The molecule has 4 heterocycles. The molecule has 1 fully saturated rings. The lowest BCUT2D eigenvalue weighted by molar-refractivity contribution is 0.0735. The van der Waals surface area contributed by atoms with Crippen LogP contribution in [-0.2, 0) is 6.42 Å². The van der Waals surface area contributed by atoms with Gasteiger partial charge in [-0.15, -0.1) is 5.10 Å². The number of benzene rings is 2. The van der Waals surface area contributed by atoms with Gasteiger partial charge in [-0.05, 0) is 53.7 Å². The van der Waals surface area contributed by atoms with E-state index < -0.39 is 0 Å². The van der Waals surface area contributed by atoms with Crippen LogP contribution in [0.15, 0.2) is 30.3 Å². The number of nitrogens with one attached hydrogen (secondary N) is 1. The van der Waals surface area contributed by atoms with Gasteiger partial charge in [0.25, 0.3) is 5.91 Å². The molecule has 11 nitrogen and oxygen atoms in total. The molecule has 11 heteroatoms. The Labute approximate surface area is 202 Å². The monoisotopic (exact) mass is 477 g/mol. The van der Waals surface area contributed by atoms with Gasteiger partial charge in [0.05, 0.1) is 12.8 Å². The van der Waals surface area contributed by atoms with Gasteiger partial charge in [0.15, 0.2) is 17.3 Å². The van der Waals surface area contributed by atoms with E-state index in [1.807, 2.05) is 42.3 Å². The van der Waals surface area contributed by atoms with E-state index in [2.05, 4.69) is 25.7 Å². The van der Waals surface area contributed by atoms with Crippen LogP contribution in [0, 0.1) is 0 Å². The Kier molecular flexibility index (Phi) is 5.50. The van der Waals surface area contributed by atoms with Crippen molar-refractivity contribution in [3.05, 3.63) is 52.8 Å². The summed E-state index contributed by atoms with van der Waals surface area (Å²) in [6.07, 6.45) is 0.839. The normalized spacial score (nSPS) is 19.5. The lowest BCUT2D eigenvalue weighted by Crippen LogP contribution is -2.46. The van der Waals surface area contributed by atoms with E-state index in [0.717, 1.165) is 42.9 Å². The Morgan fingerprint density at radius 3 is 2.86 bits per heavy atom. The van der Waals surface area contributed by atoms with Crippen LogP contribution in [0.1, 0.15) is 33.4 Å². The Hall–Kier alpha value is -3.70. The first-order valence-corrected chi connectivity index (χ1v) is 11.7. The SMILES string of the molecule is COc1c2c(cc3c1[C@H](c1nnnn1-c1cccc(C(=O)N4CCNCC4)c1)N(C)CC3)OCO2. The predicted octanol–water partition coefficient (Wildman–Crippen LogP) is 1.02. The van der Waals surface area contributed by atoms with Crippen molar-refractivity contribution in [2.45, 2.75) is 12.5 Å². The summed E-state index contributed by atoms with van der Waals surface area (Å²) in [5.41, 5.74) is 3.43. The van der Waals surface area contributed by atoms with E-state index in [1.165, 1.54) is 0 Å². The van der Waals surface area contributed by atoms with Crippen LogP contribution in [0.25, 0.3) is 5.69 Å². The number of aromatic nitrogens is 4. The fraction of sp³-hybridized carbons (Fsp3) is 0.417. The molecule has 1 saturated heterocycles. The summed E-state index contributed by atoms with van der Waals surface area (Å²) in [7, 11) is 3.68. The van der Waals surface area contributed by atoms with Crippen molar-refractivity contribution < 1.29 is 19.0 Å². The molecule has 1 aromatic heterocycles. The average molecular weight is 478 g/mol. The van der Waals surface area contributed by atoms with E-state index in [1.54, 1.807) is 11.8 Å². The number of carbonyl (C=O) groups excluding carboxylic acids is 1. The van der Waals surface area contributed by atoms with Crippen LogP contribution >= 0.6 is 0 Å². The van der Waals surface area contributed by atoms with Crippen LogP contribution in [-0.4, -0.2) is 89.6 Å². The Morgan fingerprint density at radius 1 is 1.17 bits per heavy atom. The number of piperazine rings is 1. The zero-order valence-corrected chi connectivity index (χ0v) is 19.7. The summed E-state index contributed by atoms with van der Waals surface area (Å²) in [5, 5.41) is 16.0. The van der Waals surface area contributed by atoms with Crippen LogP contribution in [0.4, 0.5) is 0 Å². The van der Waals surface area contributed by atoms with Gasteiger partial charge in [-0.3, -0.25) is 9.69 Å². The molecule has 3 aromatic rings. The Bertz CT molecular complexity index is 1270. The van der Waals surface area contributed by atoms with Gasteiger partial charge in [0.2, 0.25) is 12.5 Å². The van der Waals surface area contributed by atoms with Gasteiger partial charge in [-0.25, -0.2) is 0 Å². The van der Waals surface area contributed by atoms with Gasteiger partial charge in [0.1, 0.15) is 6.04 Å². The van der Waals surface area contributed by atoms with Gasteiger partial charge >= 0.3 is 0 Å². The largest absolute Gasteiger partial charge is 0.492 e. The van der Waals surface area contributed by atoms with Crippen LogP contribution in [0.2, 0.25) is 0 Å². The Balaban J connectivity index is 1.41. The standard InChI is InChI=1S/C24H27N7O4/c1-29-9-6-15-13-18-21(35-14-34-18)22(33-2)19(15)20(29)23-26-27-28-31(23)17-5-3-4-16(12-17)24(32)30-10-7-25-8-11-30/h3-5,12-13,20,25H,6-11,14H2,1-2H3/t20-/m1/s1. The van der Waals surface area contributed by atoms with Crippen LogP contribution in [0.5, 0.6) is 17.2 Å². The molecular formula is C24H27N7O4. The van der Waals surface area contributed by atoms with E-state index in [9.17, 15) is 4.79 Å². The summed E-state index contributed by atoms with van der Waals surface area (Å²) >= 11 is 0. The fourth-order valence-electron chi connectivity index (χ4n) is 5.13. The molecule has 6 rings (SSSR count). The maximum absolute atomic E-state index is 13.1. The molecule has 0 bridgehead atoms. The summed E-state index contributed by atoms with van der Waals surface area (Å²) in [4.78, 5) is 17.2. The smallest absolute Gasteiger partial charge is 0.254 e. The predicted molar refractivity (Wildman–Crippen MR) is 125 cm³/mol. The number of hydrogen-bond acceptors (Lipinski definition) is 9. The van der Waals surface area contributed by atoms with Crippen molar-refractivity contribution in [2.75, 3.05) is 53.7 Å². The van der Waals surface area contributed by atoms with Gasteiger partial charge < -0.3 is 24.4 Å². The van der Waals surface area contributed by atoms with Crippen molar-refractivity contribution >= 4 is 5.91 Å². The number of tetrazole rings is 1. The minimum absolute atomic E-state index is 0.0116. The molecule has 3 aliphatic heterocycles. The third-order valence-electron chi connectivity index (χ3n) is 6.88. The van der Waals surface area contributed by atoms with Crippen LogP contribution < -0.4 is 19.5 Å². The second-order valence-corrected chi connectivity index (χ2v) is 8.89. The number of carbonyl (C=O) groups is 1.